The molecule has 4 N–H and O–H groups in total. The van der Waals surface area contributed by atoms with Gasteiger partial charge in [-0.2, -0.15) is 0 Å². The number of ether oxygens (including phenoxy) is 4. The third-order valence-corrected chi connectivity index (χ3v) is 7.27. The molecule has 10 nitrogen and oxygen atoms in total. The fraction of sp³-hybridized carbons (Fsp3) is 0.472. The first-order chi connectivity index (χ1) is 22.5. The number of amides is 1. The molecule has 1 heterocycles. The molecule has 0 radical (unpaired) electrons. The van der Waals surface area contributed by atoms with E-state index in [-0.39, 0.29) is 11.9 Å². The maximum atomic E-state index is 11.1. The number of nitrogens with zero attached hydrogens (tertiary/aromatic N) is 2. The van der Waals surface area contributed by atoms with Crippen LogP contribution >= 0.6 is 0 Å². The number of rotatable bonds is 24. The van der Waals surface area contributed by atoms with Crippen LogP contribution in [0.15, 0.2) is 78.0 Å². The second-order valence-electron chi connectivity index (χ2n) is 10.9. The molecule has 0 aliphatic rings. The van der Waals surface area contributed by atoms with Gasteiger partial charge in [-0.25, -0.2) is 0 Å². The quantitative estimate of drug-likeness (QED) is 0.0654. The van der Waals surface area contributed by atoms with Gasteiger partial charge in [-0.15, -0.1) is 0 Å². The molecule has 2 aromatic carbocycles. The molecule has 0 saturated heterocycles. The molecular formula is C36H51N5O5. The van der Waals surface area contributed by atoms with Gasteiger partial charge in [-0.3, -0.25) is 14.8 Å². The summed E-state index contributed by atoms with van der Waals surface area (Å²) in [5.41, 5.74) is 10.4. The summed E-state index contributed by atoms with van der Waals surface area (Å²) >= 11 is 0. The lowest BCUT2D eigenvalue weighted by molar-refractivity contribution is -0.121. The molecule has 0 bridgehead atoms. The monoisotopic (exact) mass is 633 g/mol. The molecule has 1 aromatic heterocycles. The fourth-order valence-electron chi connectivity index (χ4n) is 4.56. The van der Waals surface area contributed by atoms with Crippen molar-refractivity contribution in [2.24, 2.45) is 10.7 Å². The largest absolute Gasteiger partial charge is 0.494 e. The average Bonchev–Trinajstić information content (AvgIpc) is 3.09. The minimum absolute atomic E-state index is 0.0395. The Bertz CT molecular complexity index is 1270. The van der Waals surface area contributed by atoms with Gasteiger partial charge in [-0.05, 0) is 80.1 Å². The summed E-state index contributed by atoms with van der Waals surface area (Å²) in [5, 5.41) is 6.16. The molecule has 3 rings (SSSR count). The van der Waals surface area contributed by atoms with Crippen molar-refractivity contribution in [3.8, 4) is 5.75 Å². The number of aromatic nitrogens is 1. The third-order valence-electron chi connectivity index (χ3n) is 7.27. The van der Waals surface area contributed by atoms with Crippen molar-refractivity contribution in [3.05, 3.63) is 89.7 Å². The Labute approximate surface area is 274 Å². The molecule has 46 heavy (non-hydrogen) atoms. The maximum absolute atomic E-state index is 11.1. The molecule has 0 unspecified atom stereocenters. The summed E-state index contributed by atoms with van der Waals surface area (Å²) < 4.78 is 22.5. The van der Waals surface area contributed by atoms with Crippen LogP contribution in [-0.4, -0.2) is 70.0 Å². The predicted octanol–water partition coefficient (Wildman–Crippen LogP) is 5.68. The zero-order valence-corrected chi connectivity index (χ0v) is 27.4. The smallest absolute Gasteiger partial charge is 0.219 e. The number of carbonyl (C=O) groups excluding carboxylic acids is 1. The van der Waals surface area contributed by atoms with Gasteiger partial charge in [0, 0.05) is 56.4 Å². The van der Waals surface area contributed by atoms with E-state index in [1.54, 1.807) is 19.4 Å². The molecule has 0 saturated carbocycles. The minimum Gasteiger partial charge on any atom is -0.494 e. The average molecular weight is 634 g/mol. The third kappa shape index (κ3) is 15.3. The standard InChI is InChI=1S/C36H51N5O5/c1-29(41-33-10-7-9-32(27-33)36(37)40-28-30-16-18-39-19-17-30)31-12-14-34(15-13-31)46-22-6-4-3-5-20-43-23-25-45-26-24-44-21-8-11-35(42)38-2/h7,9-10,12-19,27,29,41H,3-6,8,11,20-26,28H2,1-2H3,(H2,37,40)(H,38,42)/t29-/m1/s1. The number of nitrogens with one attached hydrogen (secondary N) is 2. The lowest BCUT2D eigenvalue weighted by Gasteiger charge is -2.17. The number of unbranched alkanes of at least 4 members (excludes halogenated alkanes) is 3. The van der Waals surface area contributed by atoms with Gasteiger partial charge in [0.15, 0.2) is 0 Å². The van der Waals surface area contributed by atoms with Crippen LogP contribution in [0.3, 0.4) is 0 Å². The van der Waals surface area contributed by atoms with Gasteiger partial charge >= 0.3 is 0 Å². The van der Waals surface area contributed by atoms with E-state index in [9.17, 15) is 4.79 Å². The Hall–Kier alpha value is -3.99. The number of benzene rings is 2. The molecule has 0 aliphatic carbocycles. The SMILES string of the molecule is CNC(=O)CCCOCCOCCOCCCCCCOc1ccc([C@@H](C)Nc2cccc(C(N)=NCc3ccncc3)c2)cc1. The van der Waals surface area contributed by atoms with E-state index in [2.05, 4.69) is 39.7 Å². The van der Waals surface area contributed by atoms with Gasteiger partial charge in [0.25, 0.3) is 0 Å². The van der Waals surface area contributed by atoms with E-state index >= 15 is 0 Å². The van der Waals surface area contributed by atoms with Crippen molar-refractivity contribution in [2.75, 3.05) is 58.6 Å². The van der Waals surface area contributed by atoms with Gasteiger partial charge in [0.05, 0.1) is 39.6 Å². The second kappa shape index (κ2) is 22.5. The van der Waals surface area contributed by atoms with Gasteiger partial charge in [0.2, 0.25) is 5.91 Å². The van der Waals surface area contributed by atoms with Crippen LogP contribution < -0.4 is 21.1 Å². The van der Waals surface area contributed by atoms with Gasteiger partial charge in [0.1, 0.15) is 11.6 Å². The van der Waals surface area contributed by atoms with E-state index in [1.165, 1.54) is 5.56 Å². The van der Waals surface area contributed by atoms with Crippen molar-refractivity contribution in [1.29, 1.82) is 0 Å². The van der Waals surface area contributed by atoms with Crippen LogP contribution in [0, 0.1) is 0 Å². The number of nitrogens with two attached hydrogens (primary N) is 1. The molecule has 0 spiro atoms. The van der Waals surface area contributed by atoms with Crippen molar-refractivity contribution in [3.63, 3.8) is 0 Å². The molecule has 10 heteroatoms. The van der Waals surface area contributed by atoms with E-state index in [4.69, 9.17) is 24.7 Å². The number of pyridine rings is 1. The van der Waals surface area contributed by atoms with Crippen molar-refractivity contribution >= 4 is 17.4 Å². The highest BCUT2D eigenvalue weighted by Gasteiger charge is 2.08. The summed E-state index contributed by atoms with van der Waals surface area (Å²) in [6.45, 7) is 6.90. The lowest BCUT2D eigenvalue weighted by atomic mass is 10.1. The first-order valence-corrected chi connectivity index (χ1v) is 16.3. The van der Waals surface area contributed by atoms with Crippen molar-refractivity contribution in [1.82, 2.24) is 10.3 Å². The highest BCUT2D eigenvalue weighted by Crippen LogP contribution is 2.23. The number of amidine groups is 1. The van der Waals surface area contributed by atoms with Crippen LogP contribution in [0.25, 0.3) is 0 Å². The summed E-state index contributed by atoms with van der Waals surface area (Å²) in [6.07, 6.45) is 8.98. The van der Waals surface area contributed by atoms with Crippen LogP contribution in [0.4, 0.5) is 5.69 Å². The summed E-state index contributed by atoms with van der Waals surface area (Å²) in [6, 6.07) is 20.3. The van der Waals surface area contributed by atoms with E-state index < -0.39 is 0 Å². The Morgan fingerprint density at radius 3 is 2.17 bits per heavy atom. The summed E-state index contributed by atoms with van der Waals surface area (Å²) in [4.78, 5) is 19.7. The van der Waals surface area contributed by atoms with Crippen LogP contribution in [0.5, 0.6) is 5.75 Å². The first kappa shape index (κ1) is 36.5. The molecule has 1 amide bonds. The first-order valence-electron chi connectivity index (χ1n) is 16.3. The molecular weight excluding hydrogens is 582 g/mol. The van der Waals surface area contributed by atoms with Crippen LogP contribution in [0.2, 0.25) is 0 Å². The Balaban J connectivity index is 1.20. The zero-order chi connectivity index (χ0) is 32.7. The highest BCUT2D eigenvalue weighted by atomic mass is 16.5. The van der Waals surface area contributed by atoms with Crippen molar-refractivity contribution in [2.45, 2.75) is 58.0 Å². The van der Waals surface area contributed by atoms with E-state index in [0.29, 0.717) is 58.4 Å². The number of aliphatic imine (C=N–C) groups is 1. The molecule has 1 atom stereocenters. The Kier molecular flexibility index (Phi) is 17.8. The van der Waals surface area contributed by atoms with Crippen LogP contribution in [0.1, 0.15) is 68.2 Å². The van der Waals surface area contributed by atoms with Crippen LogP contribution in [-0.2, 0) is 25.5 Å². The Morgan fingerprint density at radius 1 is 0.826 bits per heavy atom. The number of carbonyl (C=O) groups is 1. The Morgan fingerprint density at radius 2 is 1.48 bits per heavy atom. The second-order valence-corrected chi connectivity index (χ2v) is 10.9. The summed E-state index contributed by atoms with van der Waals surface area (Å²) in [5.74, 6) is 1.43. The maximum Gasteiger partial charge on any atom is 0.219 e. The molecule has 0 fully saturated rings. The minimum atomic E-state index is 0.0395. The van der Waals surface area contributed by atoms with Gasteiger partial charge in [-0.1, -0.05) is 30.7 Å². The topological polar surface area (TPSA) is 129 Å². The van der Waals surface area contributed by atoms with Gasteiger partial charge < -0.3 is 35.3 Å². The van der Waals surface area contributed by atoms with E-state index in [1.807, 2.05) is 48.5 Å². The normalized spacial score (nSPS) is 12.1. The summed E-state index contributed by atoms with van der Waals surface area (Å²) in [7, 11) is 1.64. The lowest BCUT2D eigenvalue weighted by Crippen LogP contribution is -2.18. The zero-order valence-electron chi connectivity index (χ0n) is 27.4. The fourth-order valence-corrected chi connectivity index (χ4v) is 4.56. The predicted molar refractivity (Wildman–Crippen MR) is 183 cm³/mol. The molecule has 250 valence electrons. The number of anilines is 1. The van der Waals surface area contributed by atoms with E-state index in [0.717, 1.165) is 61.3 Å². The van der Waals surface area contributed by atoms with Crippen molar-refractivity contribution < 1.29 is 23.7 Å². The molecule has 3 aromatic rings. The molecule has 0 aliphatic heterocycles. The number of hydrogen-bond donors (Lipinski definition) is 3. The number of hydrogen-bond acceptors (Lipinski definition) is 8. The highest BCUT2D eigenvalue weighted by molar-refractivity contribution is 5.98.